The highest BCUT2D eigenvalue weighted by Gasteiger charge is 2.08. The number of nitrogens with zero attached hydrogens (tertiary/aromatic N) is 3. The molecule has 1 aromatic heterocycles. The van der Waals surface area contributed by atoms with Crippen molar-refractivity contribution in [3.8, 4) is 5.75 Å². The van der Waals surface area contributed by atoms with E-state index >= 15 is 0 Å². The minimum Gasteiger partial charge on any atom is -0.489 e. The average molecular weight is 501 g/mol. The average Bonchev–Trinajstić information content (AvgIpc) is 2.66. The van der Waals surface area contributed by atoms with Gasteiger partial charge in [-0.1, -0.05) is 6.07 Å². The Bertz CT molecular complexity index is 740. The minimum atomic E-state index is -0.276. The molecule has 1 heterocycles. The first-order valence-corrected chi connectivity index (χ1v) is 9.05. The van der Waals surface area contributed by atoms with Crippen molar-refractivity contribution in [3.05, 3.63) is 54.0 Å². The van der Waals surface area contributed by atoms with Crippen LogP contribution in [-0.2, 0) is 6.54 Å². The number of nitrogens with one attached hydrogen (secondary N) is 2. The van der Waals surface area contributed by atoms with Crippen LogP contribution in [0.5, 0.6) is 5.75 Å². The van der Waals surface area contributed by atoms with Crippen LogP contribution >= 0.6 is 24.0 Å². The number of pyridine rings is 1. The maximum absolute atomic E-state index is 13.0. The van der Waals surface area contributed by atoms with Crippen molar-refractivity contribution in [2.75, 3.05) is 32.1 Å². The van der Waals surface area contributed by atoms with Gasteiger partial charge in [0.05, 0.1) is 13.1 Å². The van der Waals surface area contributed by atoms with Gasteiger partial charge in [0.1, 0.15) is 23.5 Å². The van der Waals surface area contributed by atoms with Gasteiger partial charge in [0, 0.05) is 32.4 Å². The predicted molar refractivity (Wildman–Crippen MR) is 123 cm³/mol. The fourth-order valence-electron chi connectivity index (χ4n) is 2.49. The van der Waals surface area contributed by atoms with Gasteiger partial charge in [0.25, 0.3) is 0 Å². The number of guanidine groups is 1. The lowest BCUT2D eigenvalue weighted by molar-refractivity contribution is 0.223. The van der Waals surface area contributed by atoms with Crippen molar-refractivity contribution in [1.29, 1.82) is 0 Å². The third kappa shape index (κ3) is 7.87. The SMILES string of the molecule is CCNC(=NCc1cccnc1N(C)C)NCC(C)Oc1ccc(F)cc1.I. The van der Waals surface area contributed by atoms with E-state index in [1.54, 1.807) is 18.3 Å². The van der Waals surface area contributed by atoms with Crippen LogP contribution in [0, 0.1) is 5.82 Å². The van der Waals surface area contributed by atoms with Crippen LogP contribution in [0.2, 0.25) is 0 Å². The highest BCUT2D eigenvalue weighted by molar-refractivity contribution is 14.0. The zero-order valence-electron chi connectivity index (χ0n) is 16.8. The van der Waals surface area contributed by atoms with Gasteiger partial charge in [0.2, 0.25) is 0 Å². The normalized spacial score (nSPS) is 12.0. The summed E-state index contributed by atoms with van der Waals surface area (Å²) in [5, 5.41) is 6.50. The monoisotopic (exact) mass is 501 g/mol. The summed E-state index contributed by atoms with van der Waals surface area (Å²) in [6.07, 6.45) is 1.68. The molecule has 2 N–H and O–H groups in total. The van der Waals surface area contributed by atoms with Gasteiger partial charge in [-0.15, -0.1) is 24.0 Å². The molecular formula is C20H29FIN5O. The molecule has 6 nitrogen and oxygen atoms in total. The zero-order chi connectivity index (χ0) is 19.6. The molecule has 1 aromatic carbocycles. The zero-order valence-corrected chi connectivity index (χ0v) is 19.1. The first-order valence-electron chi connectivity index (χ1n) is 9.05. The summed E-state index contributed by atoms with van der Waals surface area (Å²) in [6.45, 7) is 5.81. The second-order valence-electron chi connectivity index (χ2n) is 6.34. The predicted octanol–water partition coefficient (Wildman–Crippen LogP) is 3.43. The van der Waals surface area contributed by atoms with Crippen molar-refractivity contribution in [3.63, 3.8) is 0 Å². The summed E-state index contributed by atoms with van der Waals surface area (Å²) in [6, 6.07) is 9.95. The van der Waals surface area contributed by atoms with E-state index < -0.39 is 0 Å². The minimum absolute atomic E-state index is 0. The van der Waals surface area contributed by atoms with Crippen LogP contribution in [0.1, 0.15) is 19.4 Å². The summed E-state index contributed by atoms with van der Waals surface area (Å²) < 4.78 is 18.7. The molecule has 0 amide bonds. The fourth-order valence-corrected chi connectivity index (χ4v) is 2.49. The molecule has 0 aliphatic rings. The lowest BCUT2D eigenvalue weighted by atomic mass is 10.2. The molecule has 1 unspecified atom stereocenters. The first-order chi connectivity index (χ1) is 13.0. The molecule has 0 saturated carbocycles. The van der Waals surface area contributed by atoms with Gasteiger partial charge in [-0.2, -0.15) is 0 Å². The number of anilines is 1. The summed E-state index contributed by atoms with van der Waals surface area (Å²) >= 11 is 0. The Morgan fingerprint density at radius 2 is 1.93 bits per heavy atom. The fraction of sp³-hybridized carbons (Fsp3) is 0.400. The molecule has 8 heteroatoms. The van der Waals surface area contributed by atoms with Crippen LogP contribution in [0.4, 0.5) is 10.2 Å². The summed E-state index contributed by atoms with van der Waals surface area (Å²) in [5.74, 6) is 1.98. The van der Waals surface area contributed by atoms with Crippen LogP contribution in [0.3, 0.4) is 0 Å². The molecule has 1 atom stereocenters. The van der Waals surface area contributed by atoms with E-state index in [0.29, 0.717) is 24.8 Å². The van der Waals surface area contributed by atoms with E-state index in [2.05, 4.69) is 20.6 Å². The Hall–Kier alpha value is -2.10. The molecule has 28 heavy (non-hydrogen) atoms. The topological polar surface area (TPSA) is 61.8 Å². The number of benzene rings is 1. The van der Waals surface area contributed by atoms with Crippen molar-refractivity contribution < 1.29 is 9.13 Å². The number of ether oxygens (including phenoxy) is 1. The Morgan fingerprint density at radius 3 is 2.57 bits per heavy atom. The molecule has 0 spiro atoms. The highest BCUT2D eigenvalue weighted by atomic mass is 127. The quantitative estimate of drug-likeness (QED) is 0.330. The van der Waals surface area contributed by atoms with Gasteiger partial charge >= 0.3 is 0 Å². The summed E-state index contributed by atoms with van der Waals surface area (Å²) in [4.78, 5) is 11.0. The third-order valence-electron chi connectivity index (χ3n) is 3.75. The summed E-state index contributed by atoms with van der Waals surface area (Å²) in [7, 11) is 3.93. The molecule has 0 saturated heterocycles. The lowest BCUT2D eigenvalue weighted by Crippen LogP contribution is -2.41. The molecule has 0 aliphatic carbocycles. The van der Waals surface area contributed by atoms with Gasteiger partial charge < -0.3 is 20.3 Å². The van der Waals surface area contributed by atoms with Crippen molar-refractivity contribution in [1.82, 2.24) is 15.6 Å². The molecule has 2 rings (SSSR count). The number of aliphatic imine (C=N–C) groups is 1. The number of halogens is 2. The second kappa shape index (κ2) is 12.4. The Balaban J connectivity index is 0.00000392. The van der Waals surface area contributed by atoms with Crippen LogP contribution in [0.25, 0.3) is 0 Å². The third-order valence-corrected chi connectivity index (χ3v) is 3.75. The second-order valence-corrected chi connectivity index (χ2v) is 6.34. The largest absolute Gasteiger partial charge is 0.489 e. The maximum Gasteiger partial charge on any atom is 0.191 e. The van der Waals surface area contributed by atoms with Crippen molar-refractivity contribution in [2.45, 2.75) is 26.5 Å². The highest BCUT2D eigenvalue weighted by Crippen LogP contribution is 2.15. The number of aromatic nitrogens is 1. The Labute approximate surface area is 183 Å². The van der Waals surface area contributed by atoms with E-state index in [-0.39, 0.29) is 35.9 Å². The molecule has 0 radical (unpaired) electrons. The Morgan fingerprint density at radius 1 is 1.21 bits per heavy atom. The maximum atomic E-state index is 13.0. The molecule has 154 valence electrons. The van der Waals surface area contributed by atoms with E-state index in [1.807, 2.05) is 45.0 Å². The van der Waals surface area contributed by atoms with Crippen LogP contribution < -0.4 is 20.3 Å². The molecular weight excluding hydrogens is 472 g/mol. The first kappa shape index (κ1) is 23.9. The lowest BCUT2D eigenvalue weighted by Gasteiger charge is -2.18. The van der Waals surface area contributed by atoms with Crippen LogP contribution in [0.15, 0.2) is 47.6 Å². The van der Waals surface area contributed by atoms with Gasteiger partial charge in [-0.05, 0) is 44.2 Å². The molecule has 0 aliphatic heterocycles. The molecule has 0 bridgehead atoms. The number of hydrogen-bond acceptors (Lipinski definition) is 4. The summed E-state index contributed by atoms with van der Waals surface area (Å²) in [5.41, 5.74) is 1.05. The van der Waals surface area contributed by atoms with Gasteiger partial charge in [0.15, 0.2) is 5.96 Å². The van der Waals surface area contributed by atoms with E-state index in [9.17, 15) is 4.39 Å². The van der Waals surface area contributed by atoms with Gasteiger partial charge in [-0.25, -0.2) is 14.4 Å². The molecule has 0 fully saturated rings. The smallest absolute Gasteiger partial charge is 0.191 e. The van der Waals surface area contributed by atoms with Crippen molar-refractivity contribution in [2.24, 2.45) is 4.99 Å². The number of hydrogen-bond donors (Lipinski definition) is 2. The standard InChI is InChI=1S/C20H28FN5O.HI/c1-5-22-20(25-14-16-7-6-12-23-19(16)26(3)4)24-13-15(2)27-18-10-8-17(21)9-11-18;/h6-12,15H,5,13-14H2,1-4H3,(H2,22,24,25);1H. The van der Waals surface area contributed by atoms with Crippen molar-refractivity contribution >= 4 is 35.8 Å². The van der Waals surface area contributed by atoms with E-state index in [4.69, 9.17) is 4.74 Å². The Kier molecular flexibility index (Phi) is 10.6. The van der Waals surface area contributed by atoms with E-state index in [1.165, 1.54) is 12.1 Å². The van der Waals surface area contributed by atoms with E-state index in [0.717, 1.165) is 17.9 Å². The van der Waals surface area contributed by atoms with Crippen LogP contribution in [-0.4, -0.2) is 44.2 Å². The number of rotatable bonds is 8. The molecule has 2 aromatic rings. The van der Waals surface area contributed by atoms with Gasteiger partial charge in [-0.3, -0.25) is 0 Å².